The number of aryl methyl sites for hydroxylation is 1. The minimum Gasteiger partial charge on any atom is -0.341 e. The van der Waals surface area contributed by atoms with Crippen molar-refractivity contribution in [1.29, 1.82) is 0 Å². The Hall–Kier alpha value is -1.80. The lowest BCUT2D eigenvalue weighted by Crippen LogP contribution is -2.18. The SMILES string of the molecule is C[C@H](N)c1ccc(N2CCCCc3ccccc32)cc1. The standard InChI is InChI=1S/C18H22N2/c1-14(19)15-9-11-17(12-10-15)20-13-5-4-7-16-6-2-3-8-18(16)20/h2-3,6,8-12,14H,4-5,7,13,19H2,1H3/t14-/m0/s1. The second kappa shape index (κ2) is 5.68. The predicted molar refractivity (Wildman–Crippen MR) is 85.4 cm³/mol. The zero-order valence-corrected chi connectivity index (χ0v) is 12.0. The summed E-state index contributed by atoms with van der Waals surface area (Å²) in [6, 6.07) is 17.5. The summed E-state index contributed by atoms with van der Waals surface area (Å²) in [7, 11) is 0. The van der Waals surface area contributed by atoms with Crippen LogP contribution in [-0.4, -0.2) is 6.54 Å². The van der Waals surface area contributed by atoms with Crippen LogP contribution in [0.1, 0.15) is 36.9 Å². The van der Waals surface area contributed by atoms with E-state index in [1.807, 2.05) is 6.92 Å². The molecule has 1 atom stereocenters. The van der Waals surface area contributed by atoms with Gasteiger partial charge in [0.25, 0.3) is 0 Å². The third-order valence-corrected chi connectivity index (χ3v) is 4.09. The lowest BCUT2D eigenvalue weighted by atomic mass is 10.1. The molecule has 2 aromatic carbocycles. The topological polar surface area (TPSA) is 29.3 Å². The Morgan fingerprint density at radius 2 is 1.75 bits per heavy atom. The first kappa shape index (κ1) is 13.2. The molecule has 0 spiro atoms. The summed E-state index contributed by atoms with van der Waals surface area (Å²) < 4.78 is 0. The van der Waals surface area contributed by atoms with Crippen LogP contribution < -0.4 is 10.6 Å². The van der Waals surface area contributed by atoms with Crippen molar-refractivity contribution in [3.05, 3.63) is 59.7 Å². The molecule has 20 heavy (non-hydrogen) atoms. The van der Waals surface area contributed by atoms with E-state index < -0.39 is 0 Å². The van der Waals surface area contributed by atoms with Crippen LogP contribution in [0.2, 0.25) is 0 Å². The van der Waals surface area contributed by atoms with Gasteiger partial charge >= 0.3 is 0 Å². The summed E-state index contributed by atoms with van der Waals surface area (Å²) in [5, 5.41) is 0. The average molecular weight is 266 g/mol. The molecule has 2 aromatic rings. The van der Waals surface area contributed by atoms with Gasteiger partial charge in [-0.2, -0.15) is 0 Å². The Morgan fingerprint density at radius 1 is 1.00 bits per heavy atom. The van der Waals surface area contributed by atoms with E-state index in [9.17, 15) is 0 Å². The fourth-order valence-electron chi connectivity index (χ4n) is 2.92. The Balaban J connectivity index is 1.97. The van der Waals surface area contributed by atoms with E-state index in [4.69, 9.17) is 5.73 Å². The van der Waals surface area contributed by atoms with Crippen molar-refractivity contribution in [3.8, 4) is 0 Å². The monoisotopic (exact) mass is 266 g/mol. The van der Waals surface area contributed by atoms with Crippen LogP contribution in [-0.2, 0) is 6.42 Å². The van der Waals surface area contributed by atoms with Gasteiger partial charge in [-0.3, -0.25) is 0 Å². The third-order valence-electron chi connectivity index (χ3n) is 4.09. The van der Waals surface area contributed by atoms with Gasteiger partial charge in [-0.15, -0.1) is 0 Å². The van der Waals surface area contributed by atoms with E-state index in [1.54, 1.807) is 0 Å². The average Bonchev–Trinajstić information content (AvgIpc) is 2.69. The van der Waals surface area contributed by atoms with Crippen LogP contribution in [0.15, 0.2) is 48.5 Å². The van der Waals surface area contributed by atoms with Crippen LogP contribution in [0.3, 0.4) is 0 Å². The number of anilines is 2. The fraction of sp³-hybridized carbons (Fsp3) is 0.333. The maximum absolute atomic E-state index is 5.93. The number of hydrogen-bond donors (Lipinski definition) is 1. The van der Waals surface area contributed by atoms with Crippen molar-refractivity contribution in [3.63, 3.8) is 0 Å². The molecule has 2 nitrogen and oxygen atoms in total. The lowest BCUT2D eigenvalue weighted by molar-refractivity contribution is 0.760. The number of fused-ring (bicyclic) bond motifs is 1. The molecule has 0 saturated carbocycles. The zero-order valence-electron chi connectivity index (χ0n) is 12.0. The smallest absolute Gasteiger partial charge is 0.0443 e. The molecule has 0 radical (unpaired) electrons. The van der Waals surface area contributed by atoms with E-state index in [1.165, 1.54) is 41.8 Å². The highest BCUT2D eigenvalue weighted by atomic mass is 15.1. The molecule has 0 aromatic heterocycles. The summed E-state index contributed by atoms with van der Waals surface area (Å²) in [6.07, 6.45) is 3.69. The summed E-state index contributed by atoms with van der Waals surface area (Å²) in [5.41, 5.74) is 11.2. The van der Waals surface area contributed by atoms with Crippen molar-refractivity contribution in [1.82, 2.24) is 0 Å². The van der Waals surface area contributed by atoms with Gasteiger partial charge in [0.1, 0.15) is 0 Å². The number of nitrogens with two attached hydrogens (primary N) is 1. The molecule has 1 aliphatic rings. The summed E-state index contributed by atoms with van der Waals surface area (Å²) in [5.74, 6) is 0. The number of nitrogens with zero attached hydrogens (tertiary/aromatic N) is 1. The van der Waals surface area contributed by atoms with Crippen molar-refractivity contribution >= 4 is 11.4 Å². The second-order valence-electron chi connectivity index (χ2n) is 5.62. The molecule has 2 N–H and O–H groups in total. The lowest BCUT2D eigenvalue weighted by Gasteiger charge is -2.25. The molecule has 0 bridgehead atoms. The van der Waals surface area contributed by atoms with Crippen LogP contribution in [0.5, 0.6) is 0 Å². The van der Waals surface area contributed by atoms with Gasteiger partial charge in [0.05, 0.1) is 0 Å². The normalized spacial score (nSPS) is 16.4. The van der Waals surface area contributed by atoms with Crippen LogP contribution in [0.25, 0.3) is 0 Å². The van der Waals surface area contributed by atoms with Gasteiger partial charge in [-0.05, 0) is 55.5 Å². The number of hydrogen-bond acceptors (Lipinski definition) is 2. The first-order chi connectivity index (χ1) is 9.75. The quantitative estimate of drug-likeness (QED) is 0.883. The number of benzene rings is 2. The molecule has 3 rings (SSSR count). The second-order valence-corrected chi connectivity index (χ2v) is 5.62. The molecular weight excluding hydrogens is 244 g/mol. The summed E-state index contributed by atoms with van der Waals surface area (Å²) in [4.78, 5) is 2.44. The molecule has 0 aliphatic carbocycles. The molecule has 2 heteroatoms. The van der Waals surface area contributed by atoms with E-state index >= 15 is 0 Å². The minimum atomic E-state index is 0.0977. The predicted octanol–water partition coefficient (Wildman–Crippen LogP) is 4.18. The third kappa shape index (κ3) is 2.56. The van der Waals surface area contributed by atoms with Crippen LogP contribution in [0, 0.1) is 0 Å². The Bertz CT molecular complexity index is 572. The first-order valence-corrected chi connectivity index (χ1v) is 7.47. The molecule has 0 saturated heterocycles. The van der Waals surface area contributed by atoms with Gasteiger partial charge in [-0.1, -0.05) is 30.3 Å². The first-order valence-electron chi connectivity index (χ1n) is 7.47. The molecule has 0 fully saturated rings. The molecule has 104 valence electrons. The molecular formula is C18H22N2. The van der Waals surface area contributed by atoms with E-state index in [2.05, 4.69) is 53.4 Å². The highest BCUT2D eigenvalue weighted by Gasteiger charge is 2.16. The van der Waals surface area contributed by atoms with Crippen molar-refractivity contribution in [2.24, 2.45) is 5.73 Å². The Morgan fingerprint density at radius 3 is 2.50 bits per heavy atom. The van der Waals surface area contributed by atoms with Gasteiger partial charge in [0.15, 0.2) is 0 Å². The molecule has 0 amide bonds. The van der Waals surface area contributed by atoms with E-state index in [-0.39, 0.29) is 6.04 Å². The van der Waals surface area contributed by atoms with Crippen LogP contribution >= 0.6 is 0 Å². The maximum Gasteiger partial charge on any atom is 0.0443 e. The van der Waals surface area contributed by atoms with Gasteiger partial charge in [0, 0.05) is 24.0 Å². The van der Waals surface area contributed by atoms with Gasteiger partial charge in [0.2, 0.25) is 0 Å². The maximum atomic E-state index is 5.93. The fourth-order valence-corrected chi connectivity index (χ4v) is 2.92. The Labute approximate surface area is 121 Å². The molecule has 1 aliphatic heterocycles. The van der Waals surface area contributed by atoms with Crippen molar-refractivity contribution < 1.29 is 0 Å². The highest BCUT2D eigenvalue weighted by Crippen LogP contribution is 2.32. The number of para-hydroxylation sites is 1. The van der Waals surface area contributed by atoms with Crippen molar-refractivity contribution in [2.45, 2.75) is 32.2 Å². The minimum absolute atomic E-state index is 0.0977. The number of rotatable bonds is 2. The van der Waals surface area contributed by atoms with Gasteiger partial charge < -0.3 is 10.6 Å². The highest BCUT2D eigenvalue weighted by molar-refractivity contribution is 5.67. The van der Waals surface area contributed by atoms with E-state index in [0.29, 0.717) is 0 Å². The largest absolute Gasteiger partial charge is 0.341 e. The van der Waals surface area contributed by atoms with Crippen molar-refractivity contribution in [2.75, 3.05) is 11.4 Å². The zero-order chi connectivity index (χ0) is 13.9. The summed E-state index contributed by atoms with van der Waals surface area (Å²) >= 11 is 0. The summed E-state index contributed by atoms with van der Waals surface area (Å²) in [6.45, 7) is 3.12. The van der Waals surface area contributed by atoms with E-state index in [0.717, 1.165) is 6.54 Å². The Kier molecular flexibility index (Phi) is 3.75. The van der Waals surface area contributed by atoms with Crippen LogP contribution in [0.4, 0.5) is 11.4 Å². The molecule has 1 heterocycles. The molecule has 0 unspecified atom stereocenters. The van der Waals surface area contributed by atoms with Gasteiger partial charge in [-0.25, -0.2) is 0 Å².